The van der Waals surface area contributed by atoms with E-state index in [4.69, 9.17) is 4.74 Å². The third-order valence-electron chi connectivity index (χ3n) is 4.62. The molecule has 2 aromatic carbocycles. The molecular weight excluding hydrogens is 422 g/mol. The second-order valence-electron chi connectivity index (χ2n) is 6.80. The molecular formula is C22H18F2N4O2S. The minimum atomic E-state index is -0.762. The van der Waals surface area contributed by atoms with Gasteiger partial charge in [-0.2, -0.15) is 5.10 Å². The Morgan fingerprint density at radius 3 is 2.77 bits per heavy atom. The summed E-state index contributed by atoms with van der Waals surface area (Å²) in [5, 5.41) is 9.00. The molecule has 0 aliphatic heterocycles. The van der Waals surface area contributed by atoms with Crippen molar-refractivity contribution in [2.45, 2.75) is 20.5 Å². The Balaban J connectivity index is 1.54. The number of aryl methyl sites for hydroxylation is 1. The Morgan fingerprint density at radius 2 is 2.03 bits per heavy atom. The van der Waals surface area contributed by atoms with E-state index in [1.807, 2.05) is 5.38 Å². The van der Waals surface area contributed by atoms with Gasteiger partial charge >= 0.3 is 0 Å². The molecule has 1 amide bonds. The highest BCUT2D eigenvalue weighted by atomic mass is 32.1. The van der Waals surface area contributed by atoms with E-state index >= 15 is 0 Å². The Morgan fingerprint density at radius 1 is 1.19 bits per heavy atom. The quantitative estimate of drug-likeness (QED) is 0.455. The number of aromatic nitrogens is 3. The first-order valence-corrected chi connectivity index (χ1v) is 10.3. The molecule has 31 heavy (non-hydrogen) atoms. The number of benzene rings is 2. The van der Waals surface area contributed by atoms with Crippen LogP contribution < -0.4 is 10.1 Å². The fourth-order valence-electron chi connectivity index (χ4n) is 3.18. The SMILES string of the molecule is Cc1nn(-c2ccc(F)cc2F)c(C)c1C(=O)Nc1cccc(OCc2cscn2)c1. The van der Waals surface area contributed by atoms with Crippen LogP contribution in [0.2, 0.25) is 0 Å². The predicted molar refractivity (Wildman–Crippen MR) is 114 cm³/mol. The summed E-state index contributed by atoms with van der Waals surface area (Å²) >= 11 is 1.49. The second-order valence-corrected chi connectivity index (χ2v) is 7.52. The average Bonchev–Trinajstić information content (AvgIpc) is 3.34. The zero-order chi connectivity index (χ0) is 22.0. The minimum absolute atomic E-state index is 0.0680. The fourth-order valence-corrected chi connectivity index (χ4v) is 3.73. The number of carbonyl (C=O) groups excluding carboxylic acids is 1. The van der Waals surface area contributed by atoms with Crippen molar-refractivity contribution in [3.8, 4) is 11.4 Å². The Hall–Kier alpha value is -3.59. The van der Waals surface area contributed by atoms with E-state index in [-0.39, 0.29) is 11.6 Å². The summed E-state index contributed by atoms with van der Waals surface area (Å²) in [5.41, 5.74) is 4.35. The molecule has 0 spiro atoms. The van der Waals surface area contributed by atoms with Gasteiger partial charge in [0.15, 0.2) is 5.82 Å². The summed E-state index contributed by atoms with van der Waals surface area (Å²) in [6.07, 6.45) is 0. The van der Waals surface area contributed by atoms with E-state index in [9.17, 15) is 13.6 Å². The number of amides is 1. The Bertz CT molecular complexity index is 1240. The van der Waals surface area contributed by atoms with Gasteiger partial charge in [-0.25, -0.2) is 18.4 Å². The van der Waals surface area contributed by atoms with Crippen LogP contribution >= 0.6 is 11.3 Å². The number of hydrogen-bond donors (Lipinski definition) is 1. The molecule has 0 saturated heterocycles. The van der Waals surface area contributed by atoms with Gasteiger partial charge in [-0.05, 0) is 38.1 Å². The van der Waals surface area contributed by atoms with E-state index in [1.165, 1.54) is 22.1 Å². The van der Waals surface area contributed by atoms with Gasteiger partial charge in [0.1, 0.15) is 23.9 Å². The van der Waals surface area contributed by atoms with Gasteiger partial charge in [0.05, 0.1) is 28.2 Å². The number of hydrogen-bond acceptors (Lipinski definition) is 5. The minimum Gasteiger partial charge on any atom is -0.487 e. The summed E-state index contributed by atoms with van der Waals surface area (Å²) in [4.78, 5) is 17.1. The number of ether oxygens (including phenoxy) is 1. The Labute approximate surface area is 181 Å². The topological polar surface area (TPSA) is 69.0 Å². The number of thiazole rings is 1. The lowest BCUT2D eigenvalue weighted by atomic mass is 10.1. The first-order chi connectivity index (χ1) is 14.9. The first kappa shape index (κ1) is 20.7. The lowest BCUT2D eigenvalue weighted by molar-refractivity contribution is 0.102. The molecule has 9 heteroatoms. The first-order valence-electron chi connectivity index (χ1n) is 9.35. The van der Waals surface area contributed by atoms with Crippen molar-refractivity contribution in [2.24, 2.45) is 0 Å². The maximum atomic E-state index is 14.2. The lowest BCUT2D eigenvalue weighted by Crippen LogP contribution is -2.14. The van der Waals surface area contributed by atoms with Gasteiger partial charge in [-0.1, -0.05) is 6.07 Å². The number of nitrogens with zero attached hydrogens (tertiary/aromatic N) is 3. The van der Waals surface area contributed by atoms with Crippen LogP contribution in [0.15, 0.2) is 53.4 Å². The van der Waals surface area contributed by atoms with E-state index in [0.717, 1.165) is 17.8 Å². The standard InChI is InChI=1S/C22H18F2N4O2S/c1-13-21(14(2)28(27-13)20-7-6-15(23)8-19(20)24)22(29)26-16-4-3-5-18(9-16)30-10-17-11-31-12-25-17/h3-9,11-12H,10H2,1-2H3,(H,26,29). The van der Waals surface area contributed by atoms with Crippen LogP contribution in [0, 0.1) is 25.5 Å². The molecule has 0 unspecified atom stereocenters. The molecule has 0 radical (unpaired) electrons. The molecule has 4 aromatic rings. The van der Waals surface area contributed by atoms with Crippen molar-refractivity contribution in [3.05, 3.63) is 87.6 Å². The van der Waals surface area contributed by atoms with Gasteiger partial charge in [0.2, 0.25) is 0 Å². The molecule has 0 bridgehead atoms. The molecule has 0 aliphatic carbocycles. The zero-order valence-corrected chi connectivity index (χ0v) is 17.5. The third-order valence-corrected chi connectivity index (χ3v) is 5.25. The van der Waals surface area contributed by atoms with Crippen LogP contribution in [0.1, 0.15) is 27.4 Å². The predicted octanol–water partition coefficient (Wildman–Crippen LogP) is 5.06. The monoisotopic (exact) mass is 440 g/mol. The van der Waals surface area contributed by atoms with Crippen molar-refractivity contribution in [1.29, 1.82) is 0 Å². The molecule has 158 valence electrons. The number of nitrogens with one attached hydrogen (secondary N) is 1. The maximum Gasteiger partial charge on any atom is 0.259 e. The summed E-state index contributed by atoms with van der Waals surface area (Å²) in [5.74, 6) is -1.25. The summed E-state index contributed by atoms with van der Waals surface area (Å²) in [7, 11) is 0. The van der Waals surface area contributed by atoms with Crippen molar-refractivity contribution in [1.82, 2.24) is 14.8 Å². The smallest absolute Gasteiger partial charge is 0.259 e. The lowest BCUT2D eigenvalue weighted by Gasteiger charge is -2.09. The Kier molecular flexibility index (Phi) is 5.77. The third kappa shape index (κ3) is 4.46. The van der Waals surface area contributed by atoms with Crippen LogP contribution in [-0.4, -0.2) is 20.7 Å². The number of rotatable bonds is 6. The van der Waals surface area contributed by atoms with Crippen LogP contribution in [0.5, 0.6) is 5.75 Å². The van der Waals surface area contributed by atoms with Crippen LogP contribution in [0.3, 0.4) is 0 Å². The summed E-state index contributed by atoms with van der Waals surface area (Å²) in [6, 6.07) is 10.2. The highest BCUT2D eigenvalue weighted by molar-refractivity contribution is 7.07. The average molecular weight is 440 g/mol. The number of halogens is 2. The van der Waals surface area contributed by atoms with Crippen LogP contribution in [-0.2, 0) is 6.61 Å². The molecule has 0 atom stereocenters. The number of carbonyl (C=O) groups is 1. The van der Waals surface area contributed by atoms with Gasteiger partial charge in [0, 0.05) is 23.2 Å². The molecule has 0 fully saturated rings. The van der Waals surface area contributed by atoms with Gasteiger partial charge in [-0.15, -0.1) is 11.3 Å². The molecule has 0 aliphatic rings. The summed E-state index contributed by atoms with van der Waals surface area (Å²) in [6.45, 7) is 3.65. The van der Waals surface area contributed by atoms with E-state index in [1.54, 1.807) is 43.6 Å². The highest BCUT2D eigenvalue weighted by Gasteiger charge is 2.21. The maximum absolute atomic E-state index is 14.2. The van der Waals surface area contributed by atoms with Crippen molar-refractivity contribution in [3.63, 3.8) is 0 Å². The van der Waals surface area contributed by atoms with E-state index in [0.29, 0.717) is 35.0 Å². The molecule has 0 saturated carbocycles. The molecule has 2 heterocycles. The fraction of sp³-hybridized carbons (Fsp3) is 0.136. The van der Waals surface area contributed by atoms with Crippen LogP contribution in [0.25, 0.3) is 5.69 Å². The van der Waals surface area contributed by atoms with E-state index < -0.39 is 11.6 Å². The van der Waals surface area contributed by atoms with Gasteiger partial charge in [-0.3, -0.25) is 4.79 Å². The molecule has 4 rings (SSSR count). The van der Waals surface area contributed by atoms with Crippen LogP contribution in [0.4, 0.5) is 14.5 Å². The van der Waals surface area contributed by atoms with E-state index in [2.05, 4.69) is 15.4 Å². The van der Waals surface area contributed by atoms with Gasteiger partial charge < -0.3 is 10.1 Å². The van der Waals surface area contributed by atoms with Crippen molar-refractivity contribution in [2.75, 3.05) is 5.32 Å². The normalized spacial score (nSPS) is 10.8. The van der Waals surface area contributed by atoms with Crippen molar-refractivity contribution < 1.29 is 18.3 Å². The highest BCUT2D eigenvalue weighted by Crippen LogP contribution is 2.23. The largest absolute Gasteiger partial charge is 0.487 e. The second kappa shape index (κ2) is 8.65. The van der Waals surface area contributed by atoms with Crippen molar-refractivity contribution >= 4 is 22.9 Å². The molecule has 2 aromatic heterocycles. The number of anilines is 1. The van der Waals surface area contributed by atoms with Gasteiger partial charge in [0.25, 0.3) is 5.91 Å². The molecule has 6 nitrogen and oxygen atoms in total. The summed E-state index contributed by atoms with van der Waals surface area (Å²) < 4.78 is 34.5. The zero-order valence-electron chi connectivity index (χ0n) is 16.7. The molecule has 1 N–H and O–H groups in total.